The van der Waals surface area contributed by atoms with Gasteiger partial charge in [0.2, 0.25) is 0 Å². The summed E-state index contributed by atoms with van der Waals surface area (Å²) in [6, 6.07) is 20.7. The van der Waals surface area contributed by atoms with Crippen LogP contribution in [0.1, 0.15) is 11.1 Å². The molecule has 0 heterocycles. The summed E-state index contributed by atoms with van der Waals surface area (Å²) in [5.74, 6) is 0.998. The molecule has 0 aromatic heterocycles. The molecule has 2 rings (SSSR count). The third-order valence-corrected chi connectivity index (χ3v) is 3.17. The van der Waals surface area contributed by atoms with Crippen LogP contribution >= 0.6 is 11.8 Å². The van der Waals surface area contributed by atoms with E-state index in [1.807, 2.05) is 12.1 Å². The minimum absolute atomic E-state index is 0.998. The SMILES string of the molecule is C(=C/c1ccccc1)/SC/C=C/c1ccccc1. The fraction of sp³-hybridized carbons (Fsp3) is 0.0588. The minimum atomic E-state index is 0.998. The summed E-state index contributed by atoms with van der Waals surface area (Å²) >= 11 is 1.80. The minimum Gasteiger partial charge on any atom is -0.130 e. The van der Waals surface area contributed by atoms with Crippen LogP contribution in [-0.4, -0.2) is 5.75 Å². The van der Waals surface area contributed by atoms with Gasteiger partial charge in [-0.15, -0.1) is 11.8 Å². The van der Waals surface area contributed by atoms with E-state index in [4.69, 9.17) is 0 Å². The van der Waals surface area contributed by atoms with Crippen LogP contribution in [-0.2, 0) is 0 Å². The first-order chi connectivity index (χ1) is 8.95. The number of benzene rings is 2. The van der Waals surface area contributed by atoms with Crippen LogP contribution < -0.4 is 0 Å². The maximum atomic E-state index is 2.19. The predicted octanol–water partition coefficient (Wildman–Crippen LogP) is 5.10. The maximum absolute atomic E-state index is 2.19. The second kappa shape index (κ2) is 7.57. The first-order valence-electron chi connectivity index (χ1n) is 6.00. The maximum Gasteiger partial charge on any atom is 0.0158 e. The molecule has 0 fully saturated rings. The van der Waals surface area contributed by atoms with Crippen LogP contribution in [0.25, 0.3) is 12.2 Å². The van der Waals surface area contributed by atoms with E-state index in [1.54, 1.807) is 11.8 Å². The van der Waals surface area contributed by atoms with Gasteiger partial charge in [-0.3, -0.25) is 0 Å². The molecule has 0 unspecified atom stereocenters. The summed E-state index contributed by atoms with van der Waals surface area (Å²) < 4.78 is 0. The Kier molecular flexibility index (Phi) is 5.35. The van der Waals surface area contributed by atoms with Gasteiger partial charge >= 0.3 is 0 Å². The van der Waals surface area contributed by atoms with Crippen molar-refractivity contribution in [2.45, 2.75) is 0 Å². The number of hydrogen-bond donors (Lipinski definition) is 0. The van der Waals surface area contributed by atoms with Crippen molar-refractivity contribution in [1.82, 2.24) is 0 Å². The summed E-state index contributed by atoms with van der Waals surface area (Å²) in [6.07, 6.45) is 6.49. The van der Waals surface area contributed by atoms with Crippen molar-refractivity contribution >= 4 is 23.9 Å². The van der Waals surface area contributed by atoms with Crippen LogP contribution in [0.2, 0.25) is 0 Å². The van der Waals surface area contributed by atoms with Gasteiger partial charge in [0.25, 0.3) is 0 Å². The van der Waals surface area contributed by atoms with Crippen molar-refractivity contribution in [2.75, 3.05) is 5.75 Å². The molecule has 0 aliphatic carbocycles. The molecule has 18 heavy (non-hydrogen) atoms. The standard InChI is InChI=1S/C17H16S/c1-3-8-16(9-4-1)12-7-14-18-15-13-17-10-5-2-6-11-17/h1-13,15H,14H2/b12-7+,15-13-. The lowest BCUT2D eigenvalue weighted by Gasteiger charge is -1.92. The van der Waals surface area contributed by atoms with Crippen molar-refractivity contribution in [2.24, 2.45) is 0 Å². The summed E-state index contributed by atoms with van der Waals surface area (Å²) in [4.78, 5) is 0. The summed E-state index contributed by atoms with van der Waals surface area (Å²) in [5.41, 5.74) is 2.50. The Bertz CT molecular complexity index is 448. The molecule has 1 heteroatoms. The van der Waals surface area contributed by atoms with Crippen LogP contribution in [0.15, 0.2) is 72.1 Å². The van der Waals surface area contributed by atoms with Gasteiger partial charge in [0.1, 0.15) is 0 Å². The zero-order valence-electron chi connectivity index (χ0n) is 10.2. The van der Waals surface area contributed by atoms with Crippen molar-refractivity contribution in [3.8, 4) is 0 Å². The monoisotopic (exact) mass is 252 g/mol. The molecule has 0 bridgehead atoms. The molecule has 0 radical (unpaired) electrons. The summed E-state index contributed by atoms with van der Waals surface area (Å²) in [5, 5.41) is 2.14. The average Bonchev–Trinajstić information content (AvgIpc) is 2.45. The highest BCUT2D eigenvalue weighted by Crippen LogP contribution is 2.09. The Labute approximate surface area is 113 Å². The molecule has 0 nitrogen and oxygen atoms in total. The van der Waals surface area contributed by atoms with Gasteiger partial charge in [-0.05, 0) is 22.6 Å². The van der Waals surface area contributed by atoms with E-state index in [2.05, 4.69) is 72.2 Å². The van der Waals surface area contributed by atoms with Gasteiger partial charge in [-0.25, -0.2) is 0 Å². The van der Waals surface area contributed by atoms with Crippen molar-refractivity contribution in [3.05, 3.63) is 83.3 Å². The molecule has 0 saturated carbocycles. The van der Waals surface area contributed by atoms with E-state index in [9.17, 15) is 0 Å². The molecule has 2 aromatic carbocycles. The van der Waals surface area contributed by atoms with Gasteiger partial charge in [0.05, 0.1) is 0 Å². The highest BCUT2D eigenvalue weighted by molar-refractivity contribution is 8.02. The quantitative estimate of drug-likeness (QED) is 0.667. The highest BCUT2D eigenvalue weighted by Gasteiger charge is 1.84. The van der Waals surface area contributed by atoms with Gasteiger partial charge in [0.15, 0.2) is 0 Å². The zero-order valence-corrected chi connectivity index (χ0v) is 11.0. The molecule has 0 N–H and O–H groups in total. The van der Waals surface area contributed by atoms with E-state index in [0.29, 0.717) is 0 Å². The van der Waals surface area contributed by atoms with Crippen LogP contribution in [0.5, 0.6) is 0 Å². The molecular weight excluding hydrogens is 236 g/mol. The van der Waals surface area contributed by atoms with E-state index >= 15 is 0 Å². The Morgan fingerprint density at radius 1 is 0.722 bits per heavy atom. The van der Waals surface area contributed by atoms with E-state index in [-0.39, 0.29) is 0 Å². The second-order valence-electron chi connectivity index (χ2n) is 3.86. The third-order valence-electron chi connectivity index (χ3n) is 2.46. The molecule has 0 aliphatic rings. The second-order valence-corrected chi connectivity index (χ2v) is 4.80. The lowest BCUT2D eigenvalue weighted by molar-refractivity contribution is 1.65. The average molecular weight is 252 g/mol. The Hall–Kier alpha value is -1.73. The Morgan fingerprint density at radius 3 is 1.89 bits per heavy atom. The predicted molar refractivity (Wildman–Crippen MR) is 83.4 cm³/mol. The van der Waals surface area contributed by atoms with Crippen molar-refractivity contribution < 1.29 is 0 Å². The third kappa shape index (κ3) is 4.64. The normalized spacial score (nSPS) is 11.3. The van der Waals surface area contributed by atoms with E-state index < -0.39 is 0 Å². The van der Waals surface area contributed by atoms with E-state index in [0.717, 1.165) is 5.75 Å². The zero-order chi connectivity index (χ0) is 12.5. The van der Waals surface area contributed by atoms with E-state index in [1.165, 1.54) is 11.1 Å². The summed E-state index contributed by atoms with van der Waals surface area (Å²) in [6.45, 7) is 0. The number of thioether (sulfide) groups is 1. The Balaban J connectivity index is 1.73. The fourth-order valence-corrected chi connectivity index (χ4v) is 2.12. The largest absolute Gasteiger partial charge is 0.130 e. The topological polar surface area (TPSA) is 0 Å². The molecular formula is C17H16S. The van der Waals surface area contributed by atoms with Gasteiger partial charge in [-0.2, -0.15) is 0 Å². The number of rotatable bonds is 5. The number of hydrogen-bond acceptors (Lipinski definition) is 1. The Morgan fingerprint density at radius 2 is 1.28 bits per heavy atom. The summed E-state index contributed by atoms with van der Waals surface area (Å²) in [7, 11) is 0. The lowest BCUT2D eigenvalue weighted by atomic mass is 10.2. The molecule has 2 aromatic rings. The van der Waals surface area contributed by atoms with Crippen molar-refractivity contribution in [1.29, 1.82) is 0 Å². The van der Waals surface area contributed by atoms with Crippen molar-refractivity contribution in [3.63, 3.8) is 0 Å². The molecule has 0 atom stereocenters. The van der Waals surface area contributed by atoms with Gasteiger partial charge < -0.3 is 0 Å². The van der Waals surface area contributed by atoms with Gasteiger partial charge in [0, 0.05) is 5.75 Å². The van der Waals surface area contributed by atoms with Crippen LogP contribution in [0.4, 0.5) is 0 Å². The highest BCUT2D eigenvalue weighted by atomic mass is 32.2. The fourth-order valence-electron chi connectivity index (χ4n) is 1.55. The molecule has 0 amide bonds. The molecule has 0 aliphatic heterocycles. The molecule has 90 valence electrons. The lowest BCUT2D eigenvalue weighted by Crippen LogP contribution is -1.71. The van der Waals surface area contributed by atoms with Crippen LogP contribution in [0.3, 0.4) is 0 Å². The molecule has 0 saturated heterocycles. The first-order valence-corrected chi connectivity index (χ1v) is 7.05. The smallest absolute Gasteiger partial charge is 0.0158 e. The molecule has 0 spiro atoms. The first kappa shape index (κ1) is 12.7. The van der Waals surface area contributed by atoms with Gasteiger partial charge in [-0.1, -0.05) is 72.8 Å². The van der Waals surface area contributed by atoms with Crippen LogP contribution in [0, 0.1) is 0 Å².